The van der Waals surface area contributed by atoms with Crippen LogP contribution >= 0.6 is 23.4 Å². The zero-order chi connectivity index (χ0) is 23.6. The third-order valence-corrected chi connectivity index (χ3v) is 7.37. The monoisotopic (exact) mass is 482 g/mol. The largest absolute Gasteiger partial charge is 0.467 e. The zero-order valence-corrected chi connectivity index (χ0v) is 20.5. The van der Waals surface area contributed by atoms with Crippen LogP contribution in [0.2, 0.25) is 5.02 Å². The van der Waals surface area contributed by atoms with E-state index in [4.69, 9.17) is 16.0 Å². The van der Waals surface area contributed by atoms with Gasteiger partial charge in [0.05, 0.1) is 23.4 Å². The fraction of sp³-hybridized carbons (Fsp3) is 0.308. The van der Waals surface area contributed by atoms with Gasteiger partial charge in [0.15, 0.2) is 0 Å². The predicted molar refractivity (Wildman–Crippen MR) is 132 cm³/mol. The maximum Gasteiger partial charge on any atom is 0.257 e. The van der Waals surface area contributed by atoms with Crippen molar-refractivity contribution < 1.29 is 14.0 Å². The number of furan rings is 1. The molecule has 172 valence electrons. The number of hydrogen-bond donors (Lipinski definition) is 1. The first-order chi connectivity index (χ1) is 15.8. The number of halogens is 1. The number of carbonyl (C=O) groups excluding carboxylic acids is 2. The molecule has 2 aromatic carbocycles. The summed E-state index contributed by atoms with van der Waals surface area (Å²) in [6, 6.07) is 18.2. The second-order valence-electron chi connectivity index (χ2n) is 9.06. The molecule has 1 aliphatic heterocycles. The average molecular weight is 483 g/mol. The molecule has 0 radical (unpaired) electrons. The normalized spacial score (nSPS) is 18.4. The van der Waals surface area contributed by atoms with Crippen LogP contribution in [-0.2, 0) is 16.8 Å². The van der Waals surface area contributed by atoms with Gasteiger partial charge in [0.2, 0.25) is 5.91 Å². The Bertz CT molecular complexity index is 1120. The molecule has 0 bridgehead atoms. The Balaban J connectivity index is 1.63. The average Bonchev–Trinajstić information content (AvgIpc) is 3.47. The van der Waals surface area contributed by atoms with Crippen LogP contribution < -0.4 is 5.32 Å². The lowest BCUT2D eigenvalue weighted by atomic mass is 9.86. The maximum absolute atomic E-state index is 13.7. The molecule has 2 atom stereocenters. The van der Waals surface area contributed by atoms with Crippen molar-refractivity contribution in [3.05, 3.63) is 94.4 Å². The Morgan fingerprint density at radius 1 is 1.09 bits per heavy atom. The van der Waals surface area contributed by atoms with Gasteiger partial charge in [0.25, 0.3) is 5.91 Å². The van der Waals surface area contributed by atoms with Crippen molar-refractivity contribution in [2.24, 2.45) is 0 Å². The molecule has 4 rings (SSSR count). The lowest BCUT2D eigenvalue weighted by Crippen LogP contribution is -2.47. The van der Waals surface area contributed by atoms with Crippen LogP contribution in [0.5, 0.6) is 0 Å². The topological polar surface area (TPSA) is 62.6 Å². The van der Waals surface area contributed by atoms with Gasteiger partial charge in [-0.15, -0.1) is 11.8 Å². The van der Waals surface area contributed by atoms with Crippen LogP contribution in [0.4, 0.5) is 0 Å². The van der Waals surface area contributed by atoms with Gasteiger partial charge in [-0.25, -0.2) is 0 Å². The Labute approximate surface area is 203 Å². The molecule has 2 amide bonds. The summed E-state index contributed by atoms with van der Waals surface area (Å²) in [5.74, 6) is 0.681. The summed E-state index contributed by atoms with van der Waals surface area (Å²) in [6.45, 7) is 6.77. The molecule has 0 spiro atoms. The molecule has 1 aromatic heterocycles. The van der Waals surface area contributed by atoms with Gasteiger partial charge in [-0.3, -0.25) is 9.59 Å². The number of nitrogens with zero attached hydrogens (tertiary/aromatic N) is 1. The molecular formula is C26H27ClN2O3S. The molecule has 1 fully saturated rings. The quantitative estimate of drug-likeness (QED) is 0.499. The number of thioether (sulfide) groups is 1. The lowest BCUT2D eigenvalue weighted by Gasteiger charge is -2.30. The molecule has 7 heteroatoms. The van der Waals surface area contributed by atoms with E-state index in [2.05, 4.69) is 38.2 Å². The van der Waals surface area contributed by atoms with Crippen molar-refractivity contribution in [3.8, 4) is 0 Å². The Kier molecular flexibility index (Phi) is 6.86. The summed E-state index contributed by atoms with van der Waals surface area (Å²) in [5, 5.41) is 2.99. The molecule has 1 aliphatic rings. The number of benzene rings is 2. The summed E-state index contributed by atoms with van der Waals surface area (Å²) in [5.41, 5.74) is 2.62. The molecule has 1 saturated heterocycles. The lowest BCUT2D eigenvalue weighted by molar-refractivity contribution is -0.125. The number of nitrogens with one attached hydrogen (secondary N) is 1. The summed E-state index contributed by atoms with van der Waals surface area (Å²) < 4.78 is 5.32. The van der Waals surface area contributed by atoms with Gasteiger partial charge in [0.1, 0.15) is 17.2 Å². The molecule has 0 saturated carbocycles. The Morgan fingerprint density at radius 3 is 2.45 bits per heavy atom. The molecule has 1 N–H and O–H groups in total. The van der Waals surface area contributed by atoms with E-state index < -0.39 is 6.04 Å². The summed E-state index contributed by atoms with van der Waals surface area (Å²) >= 11 is 7.93. The van der Waals surface area contributed by atoms with Crippen molar-refractivity contribution in [3.63, 3.8) is 0 Å². The van der Waals surface area contributed by atoms with Crippen molar-refractivity contribution in [1.29, 1.82) is 0 Å². The molecule has 3 aromatic rings. The third kappa shape index (κ3) is 5.12. The van der Waals surface area contributed by atoms with Crippen LogP contribution in [0.1, 0.15) is 53.4 Å². The number of hydrogen-bond acceptors (Lipinski definition) is 4. The van der Waals surface area contributed by atoms with Gasteiger partial charge in [-0.1, -0.05) is 68.8 Å². The fourth-order valence-electron chi connectivity index (χ4n) is 3.84. The molecule has 2 heterocycles. The van der Waals surface area contributed by atoms with Gasteiger partial charge in [-0.2, -0.15) is 0 Å². The van der Waals surface area contributed by atoms with E-state index in [-0.39, 0.29) is 29.1 Å². The van der Waals surface area contributed by atoms with E-state index in [1.165, 1.54) is 5.56 Å². The van der Waals surface area contributed by atoms with Gasteiger partial charge < -0.3 is 14.6 Å². The van der Waals surface area contributed by atoms with E-state index in [1.807, 2.05) is 12.1 Å². The summed E-state index contributed by atoms with van der Waals surface area (Å²) in [4.78, 5) is 28.5. The first-order valence-corrected chi connectivity index (χ1v) is 12.3. The van der Waals surface area contributed by atoms with Crippen LogP contribution in [-0.4, -0.2) is 28.5 Å². The number of rotatable bonds is 5. The highest BCUT2D eigenvalue weighted by molar-refractivity contribution is 7.99. The minimum atomic E-state index is -0.624. The van der Waals surface area contributed by atoms with E-state index in [1.54, 1.807) is 59.3 Å². The van der Waals surface area contributed by atoms with E-state index >= 15 is 0 Å². The minimum Gasteiger partial charge on any atom is -0.467 e. The van der Waals surface area contributed by atoms with Crippen molar-refractivity contribution in [2.75, 3.05) is 5.75 Å². The number of amides is 2. The SMILES string of the molecule is CC(C)(C)c1ccc(C2SCC(C(=O)NCc3ccco3)N2C(=O)c2ccccc2Cl)cc1. The fourth-order valence-corrected chi connectivity index (χ4v) is 5.49. The third-order valence-electron chi connectivity index (χ3n) is 5.72. The maximum atomic E-state index is 13.7. The van der Waals surface area contributed by atoms with Crippen molar-refractivity contribution in [1.82, 2.24) is 10.2 Å². The van der Waals surface area contributed by atoms with Gasteiger partial charge >= 0.3 is 0 Å². The van der Waals surface area contributed by atoms with Crippen LogP contribution in [0.3, 0.4) is 0 Å². The molecule has 0 aliphatic carbocycles. The minimum absolute atomic E-state index is 0.0304. The highest BCUT2D eigenvalue weighted by Crippen LogP contribution is 2.43. The second-order valence-corrected chi connectivity index (χ2v) is 10.6. The first-order valence-electron chi connectivity index (χ1n) is 10.8. The second kappa shape index (κ2) is 9.65. The van der Waals surface area contributed by atoms with Crippen molar-refractivity contribution in [2.45, 2.75) is 44.1 Å². The van der Waals surface area contributed by atoms with Gasteiger partial charge in [0, 0.05) is 5.75 Å². The van der Waals surface area contributed by atoms with E-state index in [9.17, 15) is 9.59 Å². The molecule has 2 unspecified atom stereocenters. The molecule has 5 nitrogen and oxygen atoms in total. The summed E-state index contributed by atoms with van der Waals surface area (Å²) in [7, 11) is 0. The van der Waals surface area contributed by atoms with Crippen molar-refractivity contribution >= 4 is 35.2 Å². The standard InChI is InChI=1S/C26H27ClN2O3S/c1-26(2,3)18-12-10-17(11-13-18)25-29(24(31)20-8-4-5-9-21(20)27)22(16-33-25)23(30)28-15-19-7-6-14-32-19/h4-14,22,25H,15-16H2,1-3H3,(H,28,30). The Morgan fingerprint density at radius 2 is 1.82 bits per heavy atom. The molecular weight excluding hydrogens is 456 g/mol. The van der Waals surface area contributed by atoms with Crippen LogP contribution in [0, 0.1) is 0 Å². The van der Waals surface area contributed by atoms with Gasteiger partial charge in [-0.05, 0) is 40.8 Å². The Hall–Kier alpha value is -2.70. The predicted octanol–water partition coefficient (Wildman–Crippen LogP) is 5.80. The van der Waals surface area contributed by atoms with Crippen LogP contribution in [0.15, 0.2) is 71.3 Å². The van der Waals surface area contributed by atoms with Crippen LogP contribution in [0.25, 0.3) is 0 Å². The highest BCUT2D eigenvalue weighted by Gasteiger charge is 2.43. The summed E-state index contributed by atoms with van der Waals surface area (Å²) in [6.07, 6.45) is 1.57. The first kappa shape index (κ1) is 23.5. The smallest absolute Gasteiger partial charge is 0.257 e. The zero-order valence-electron chi connectivity index (χ0n) is 18.9. The highest BCUT2D eigenvalue weighted by atomic mass is 35.5. The van der Waals surface area contributed by atoms with E-state index in [0.717, 1.165) is 5.56 Å². The van der Waals surface area contributed by atoms with E-state index in [0.29, 0.717) is 22.1 Å². The molecule has 33 heavy (non-hydrogen) atoms. The number of carbonyl (C=O) groups is 2.